The van der Waals surface area contributed by atoms with Gasteiger partial charge in [-0.3, -0.25) is 4.79 Å². The van der Waals surface area contributed by atoms with Crippen molar-refractivity contribution < 1.29 is 14.3 Å². The summed E-state index contributed by atoms with van der Waals surface area (Å²) in [4.78, 5) is 27.0. The third-order valence-corrected chi connectivity index (χ3v) is 3.49. The predicted molar refractivity (Wildman–Crippen MR) is 78.9 cm³/mol. The molecule has 1 rings (SSSR count). The Morgan fingerprint density at radius 3 is 2.55 bits per heavy atom. The molecule has 1 fully saturated rings. The maximum Gasteiger partial charge on any atom is 0.410 e. The lowest BCUT2D eigenvalue weighted by molar-refractivity contribution is -0.127. The summed E-state index contributed by atoms with van der Waals surface area (Å²) in [5, 5.41) is 0. The number of alkyl halides is 1. The molecule has 1 atom stereocenters. The second kappa shape index (κ2) is 7.16. The number of carbonyl (C=O) groups excluding carboxylic acids is 2. The molecule has 0 saturated carbocycles. The summed E-state index contributed by atoms with van der Waals surface area (Å²) in [7, 11) is 0. The summed E-state index contributed by atoms with van der Waals surface area (Å²) < 4.78 is 5.38. The van der Waals surface area contributed by atoms with E-state index in [1.54, 1.807) is 9.80 Å². The second-order valence-corrected chi connectivity index (χ2v) is 6.41. The molecule has 0 N–H and O–H groups in total. The second-order valence-electron chi connectivity index (χ2n) is 6.15. The first kappa shape index (κ1) is 17.1. The van der Waals surface area contributed by atoms with Crippen LogP contribution in [0.5, 0.6) is 0 Å². The highest BCUT2D eigenvalue weighted by Gasteiger charge is 2.29. The molecule has 116 valence electrons. The third kappa shape index (κ3) is 5.19. The van der Waals surface area contributed by atoms with E-state index in [9.17, 15) is 9.59 Å². The quantitative estimate of drug-likeness (QED) is 0.749. The smallest absolute Gasteiger partial charge is 0.410 e. The Bertz CT molecular complexity index is 355. The molecule has 1 heterocycles. The maximum atomic E-state index is 12.1. The van der Waals surface area contributed by atoms with Crippen LogP contribution in [0.25, 0.3) is 0 Å². The minimum Gasteiger partial charge on any atom is -0.444 e. The first-order valence-electron chi connectivity index (χ1n) is 7.08. The largest absolute Gasteiger partial charge is 0.444 e. The van der Waals surface area contributed by atoms with Crippen molar-refractivity contribution in [1.82, 2.24) is 9.80 Å². The van der Waals surface area contributed by atoms with Crippen LogP contribution in [0.4, 0.5) is 4.79 Å². The highest BCUT2D eigenvalue weighted by atomic mass is 35.5. The molecule has 0 aromatic rings. The summed E-state index contributed by atoms with van der Waals surface area (Å²) in [6.07, 6.45) is 0.615. The van der Waals surface area contributed by atoms with Crippen LogP contribution in [-0.4, -0.2) is 59.5 Å². The van der Waals surface area contributed by atoms with Crippen molar-refractivity contribution in [2.45, 2.75) is 39.7 Å². The van der Waals surface area contributed by atoms with Gasteiger partial charge in [0.25, 0.3) is 0 Å². The van der Waals surface area contributed by atoms with Gasteiger partial charge in [0.05, 0.1) is 0 Å². The molecule has 0 aromatic carbocycles. The molecule has 0 aromatic heterocycles. The van der Waals surface area contributed by atoms with Crippen molar-refractivity contribution in [1.29, 1.82) is 0 Å². The van der Waals surface area contributed by atoms with Crippen LogP contribution >= 0.6 is 11.6 Å². The van der Waals surface area contributed by atoms with Gasteiger partial charge in [0.1, 0.15) is 11.5 Å². The zero-order valence-corrected chi connectivity index (χ0v) is 13.6. The first-order chi connectivity index (χ1) is 9.26. The fraction of sp³-hybridized carbons (Fsp3) is 0.857. The standard InChI is InChI=1S/C14H25ClN2O3/c1-5-16(13(19)20-14(2,3)4)9-11-6-7-17(10-11)12(18)8-15/h11H,5-10H2,1-4H3. The minimum atomic E-state index is -0.485. The van der Waals surface area contributed by atoms with Crippen molar-refractivity contribution >= 4 is 23.6 Å². The van der Waals surface area contributed by atoms with Crippen molar-refractivity contribution in [2.75, 3.05) is 32.1 Å². The maximum absolute atomic E-state index is 12.1. The molecule has 6 heteroatoms. The molecule has 0 aliphatic carbocycles. The molecule has 1 saturated heterocycles. The molecule has 20 heavy (non-hydrogen) atoms. The van der Waals surface area contributed by atoms with E-state index in [1.165, 1.54) is 0 Å². The monoisotopic (exact) mass is 304 g/mol. The number of rotatable bonds is 4. The van der Waals surface area contributed by atoms with Gasteiger partial charge in [-0.1, -0.05) is 0 Å². The highest BCUT2D eigenvalue weighted by Crippen LogP contribution is 2.19. The number of carbonyl (C=O) groups is 2. The molecule has 0 radical (unpaired) electrons. The van der Waals surface area contributed by atoms with Crippen LogP contribution in [0.2, 0.25) is 0 Å². The van der Waals surface area contributed by atoms with E-state index in [0.29, 0.717) is 25.6 Å². The fourth-order valence-corrected chi connectivity index (χ4v) is 2.43. The van der Waals surface area contributed by atoms with Crippen LogP contribution < -0.4 is 0 Å². The lowest BCUT2D eigenvalue weighted by atomic mass is 10.1. The lowest BCUT2D eigenvalue weighted by Crippen LogP contribution is -2.40. The van der Waals surface area contributed by atoms with E-state index in [2.05, 4.69) is 0 Å². The number of amides is 2. The van der Waals surface area contributed by atoms with Crippen LogP contribution in [0.3, 0.4) is 0 Å². The van der Waals surface area contributed by atoms with E-state index in [1.807, 2.05) is 27.7 Å². The zero-order chi connectivity index (χ0) is 15.3. The fourth-order valence-electron chi connectivity index (χ4n) is 2.26. The van der Waals surface area contributed by atoms with Gasteiger partial charge in [0.15, 0.2) is 0 Å². The minimum absolute atomic E-state index is 0.0241. The average Bonchev–Trinajstić information content (AvgIpc) is 2.81. The number of ether oxygens (including phenoxy) is 1. The van der Waals surface area contributed by atoms with Gasteiger partial charge in [0.2, 0.25) is 5.91 Å². The Hall–Kier alpha value is -0.970. The van der Waals surface area contributed by atoms with E-state index >= 15 is 0 Å². The number of hydrogen-bond acceptors (Lipinski definition) is 3. The van der Waals surface area contributed by atoms with Crippen molar-refractivity contribution in [2.24, 2.45) is 5.92 Å². The topological polar surface area (TPSA) is 49.9 Å². The average molecular weight is 305 g/mol. The predicted octanol–water partition coefficient (Wildman–Crippen LogP) is 2.33. The number of hydrogen-bond donors (Lipinski definition) is 0. The Morgan fingerprint density at radius 2 is 2.05 bits per heavy atom. The van der Waals surface area contributed by atoms with E-state index in [0.717, 1.165) is 13.0 Å². The molecule has 1 unspecified atom stereocenters. The number of likely N-dealkylation sites (tertiary alicyclic amines) is 1. The van der Waals surface area contributed by atoms with Crippen molar-refractivity contribution in [3.05, 3.63) is 0 Å². The van der Waals surface area contributed by atoms with E-state index < -0.39 is 5.60 Å². The number of nitrogens with zero attached hydrogens (tertiary/aromatic N) is 2. The zero-order valence-electron chi connectivity index (χ0n) is 12.8. The van der Waals surface area contributed by atoms with Gasteiger partial charge in [0, 0.05) is 26.2 Å². The summed E-state index contributed by atoms with van der Waals surface area (Å²) >= 11 is 5.56. The third-order valence-electron chi connectivity index (χ3n) is 3.26. The Kier molecular flexibility index (Phi) is 6.11. The van der Waals surface area contributed by atoms with Crippen LogP contribution in [0.15, 0.2) is 0 Å². The van der Waals surface area contributed by atoms with Crippen molar-refractivity contribution in [3.63, 3.8) is 0 Å². The SMILES string of the molecule is CCN(CC1CCN(C(=O)CCl)C1)C(=O)OC(C)(C)C. The molecular weight excluding hydrogens is 280 g/mol. The molecule has 2 amide bonds. The number of halogens is 1. The van der Waals surface area contributed by atoms with Gasteiger partial charge in [-0.25, -0.2) is 4.79 Å². The van der Waals surface area contributed by atoms with Crippen LogP contribution in [-0.2, 0) is 9.53 Å². The Balaban J connectivity index is 2.49. The van der Waals surface area contributed by atoms with E-state index in [4.69, 9.17) is 16.3 Å². The summed E-state index contributed by atoms with van der Waals surface area (Å²) in [5.41, 5.74) is -0.485. The van der Waals surface area contributed by atoms with E-state index in [-0.39, 0.29) is 17.9 Å². The molecule has 1 aliphatic rings. The first-order valence-corrected chi connectivity index (χ1v) is 7.62. The van der Waals surface area contributed by atoms with Gasteiger partial charge >= 0.3 is 6.09 Å². The summed E-state index contributed by atoms with van der Waals surface area (Å²) in [5.74, 6) is 0.292. The highest BCUT2D eigenvalue weighted by molar-refractivity contribution is 6.27. The lowest BCUT2D eigenvalue weighted by Gasteiger charge is -2.28. The molecule has 1 aliphatic heterocycles. The Morgan fingerprint density at radius 1 is 1.40 bits per heavy atom. The van der Waals surface area contributed by atoms with Crippen LogP contribution in [0.1, 0.15) is 34.1 Å². The normalized spacial score (nSPS) is 19.1. The summed E-state index contributed by atoms with van der Waals surface area (Å²) in [6, 6.07) is 0. The van der Waals surface area contributed by atoms with Crippen LogP contribution in [0, 0.1) is 5.92 Å². The van der Waals surface area contributed by atoms with Gasteiger partial charge in [-0.05, 0) is 40.0 Å². The molecular formula is C14H25ClN2O3. The van der Waals surface area contributed by atoms with Gasteiger partial charge in [-0.2, -0.15) is 0 Å². The van der Waals surface area contributed by atoms with Gasteiger partial charge in [-0.15, -0.1) is 11.6 Å². The Labute approximate surface area is 126 Å². The molecule has 0 spiro atoms. The van der Waals surface area contributed by atoms with Gasteiger partial charge < -0.3 is 14.5 Å². The molecule has 5 nitrogen and oxygen atoms in total. The molecule has 0 bridgehead atoms. The van der Waals surface area contributed by atoms with Crippen molar-refractivity contribution in [3.8, 4) is 0 Å². The summed E-state index contributed by atoms with van der Waals surface area (Å²) in [6.45, 7) is 10.1.